The fourth-order valence-corrected chi connectivity index (χ4v) is 4.05. The molecule has 0 saturated carbocycles. The maximum atomic E-state index is 12.9. The zero-order valence-electron chi connectivity index (χ0n) is 14.8. The molecule has 2 aliphatic rings. The summed E-state index contributed by atoms with van der Waals surface area (Å²) in [4.78, 5) is 19.3. The van der Waals surface area contributed by atoms with Gasteiger partial charge in [-0.1, -0.05) is 30.3 Å². The summed E-state index contributed by atoms with van der Waals surface area (Å²) in [5, 5.41) is 4.09. The predicted molar refractivity (Wildman–Crippen MR) is 94.2 cm³/mol. The van der Waals surface area contributed by atoms with Crippen LogP contribution in [0.3, 0.4) is 0 Å². The highest BCUT2D eigenvalue weighted by atomic mass is 16.5. The normalized spacial score (nSPS) is 19.9. The molecular formula is C20H25N3O2. The molecule has 0 unspecified atom stereocenters. The number of fused-ring (bicyclic) bond motifs is 1. The lowest BCUT2D eigenvalue weighted by Gasteiger charge is -2.23. The van der Waals surface area contributed by atoms with Crippen molar-refractivity contribution in [1.29, 1.82) is 0 Å². The minimum absolute atomic E-state index is 0.0332. The molecule has 1 amide bonds. The Morgan fingerprint density at radius 3 is 2.88 bits per heavy atom. The van der Waals surface area contributed by atoms with Crippen molar-refractivity contribution in [2.45, 2.75) is 64.3 Å². The van der Waals surface area contributed by atoms with Gasteiger partial charge in [0.05, 0.1) is 12.5 Å². The van der Waals surface area contributed by atoms with Crippen LogP contribution in [0.15, 0.2) is 22.7 Å². The Bertz CT molecular complexity index is 768. The fraction of sp³-hybridized carbons (Fsp3) is 0.550. The maximum absolute atomic E-state index is 12.9. The number of nitrogens with zero attached hydrogens (tertiary/aromatic N) is 3. The van der Waals surface area contributed by atoms with Crippen molar-refractivity contribution in [3.8, 4) is 0 Å². The first-order valence-corrected chi connectivity index (χ1v) is 9.47. The number of hydrogen-bond donors (Lipinski definition) is 0. The molecule has 4 rings (SSSR count). The molecular weight excluding hydrogens is 314 g/mol. The van der Waals surface area contributed by atoms with Gasteiger partial charge in [0.15, 0.2) is 5.82 Å². The second-order valence-electron chi connectivity index (χ2n) is 7.13. The molecule has 0 spiro atoms. The van der Waals surface area contributed by atoms with Gasteiger partial charge in [-0.15, -0.1) is 0 Å². The van der Waals surface area contributed by atoms with E-state index in [0.717, 1.165) is 37.8 Å². The second kappa shape index (κ2) is 6.98. The highest BCUT2D eigenvalue weighted by Gasteiger charge is 2.33. The molecule has 1 aromatic heterocycles. The van der Waals surface area contributed by atoms with E-state index >= 15 is 0 Å². The lowest BCUT2D eigenvalue weighted by atomic mass is 9.90. The first-order valence-electron chi connectivity index (χ1n) is 9.47. The number of carbonyl (C=O) groups excluding carboxylic acids is 1. The minimum Gasteiger partial charge on any atom is -0.339 e. The molecule has 1 fully saturated rings. The molecule has 25 heavy (non-hydrogen) atoms. The minimum atomic E-state index is -0.0332. The van der Waals surface area contributed by atoms with Gasteiger partial charge in [0.1, 0.15) is 0 Å². The van der Waals surface area contributed by atoms with Gasteiger partial charge in [0, 0.05) is 13.0 Å². The van der Waals surface area contributed by atoms with Crippen LogP contribution in [0.5, 0.6) is 0 Å². The molecule has 2 aromatic rings. The van der Waals surface area contributed by atoms with Gasteiger partial charge in [-0.05, 0) is 55.2 Å². The molecule has 5 heteroatoms. The lowest BCUT2D eigenvalue weighted by Crippen LogP contribution is -2.32. The maximum Gasteiger partial charge on any atom is 0.227 e. The Morgan fingerprint density at radius 1 is 1.24 bits per heavy atom. The molecule has 1 saturated heterocycles. The third-order valence-corrected chi connectivity index (χ3v) is 5.43. The van der Waals surface area contributed by atoms with Crippen LogP contribution < -0.4 is 0 Å². The highest BCUT2D eigenvalue weighted by molar-refractivity contribution is 5.79. The summed E-state index contributed by atoms with van der Waals surface area (Å²) in [6, 6.07) is 6.54. The smallest absolute Gasteiger partial charge is 0.227 e. The number of carbonyl (C=O) groups is 1. The van der Waals surface area contributed by atoms with Crippen molar-refractivity contribution >= 4 is 5.91 Å². The van der Waals surface area contributed by atoms with Crippen LogP contribution in [-0.4, -0.2) is 27.5 Å². The van der Waals surface area contributed by atoms with Crippen LogP contribution >= 0.6 is 0 Å². The van der Waals surface area contributed by atoms with Crippen LogP contribution in [0.1, 0.15) is 67.1 Å². The molecule has 1 aromatic carbocycles. The molecule has 5 nitrogen and oxygen atoms in total. The predicted octanol–water partition coefficient (Wildman–Crippen LogP) is 3.42. The van der Waals surface area contributed by atoms with Gasteiger partial charge in [0.25, 0.3) is 0 Å². The van der Waals surface area contributed by atoms with E-state index in [2.05, 4.69) is 28.3 Å². The van der Waals surface area contributed by atoms with Crippen molar-refractivity contribution in [3.05, 3.63) is 46.6 Å². The molecule has 1 aliphatic carbocycles. The fourth-order valence-electron chi connectivity index (χ4n) is 4.05. The van der Waals surface area contributed by atoms with E-state index in [9.17, 15) is 4.79 Å². The van der Waals surface area contributed by atoms with E-state index in [-0.39, 0.29) is 11.9 Å². The topological polar surface area (TPSA) is 59.2 Å². The zero-order chi connectivity index (χ0) is 17.2. The third-order valence-electron chi connectivity index (χ3n) is 5.43. The van der Waals surface area contributed by atoms with Crippen LogP contribution in [0.4, 0.5) is 0 Å². The number of aryl methyl sites for hydroxylation is 3. The first kappa shape index (κ1) is 16.3. The largest absolute Gasteiger partial charge is 0.339 e. The van der Waals surface area contributed by atoms with Crippen molar-refractivity contribution in [3.63, 3.8) is 0 Å². The summed E-state index contributed by atoms with van der Waals surface area (Å²) in [5.74, 6) is 1.47. The van der Waals surface area contributed by atoms with E-state index in [4.69, 9.17) is 4.52 Å². The number of benzene rings is 1. The summed E-state index contributed by atoms with van der Waals surface area (Å²) in [5.41, 5.74) is 4.01. The first-order chi connectivity index (χ1) is 12.2. The Morgan fingerprint density at radius 2 is 2.08 bits per heavy atom. The summed E-state index contributed by atoms with van der Waals surface area (Å²) in [7, 11) is 0. The average molecular weight is 339 g/mol. The van der Waals surface area contributed by atoms with E-state index in [1.807, 2.05) is 11.8 Å². The third kappa shape index (κ3) is 3.32. The van der Waals surface area contributed by atoms with Gasteiger partial charge in [0.2, 0.25) is 11.8 Å². The molecule has 132 valence electrons. The summed E-state index contributed by atoms with van der Waals surface area (Å²) < 4.78 is 5.24. The quantitative estimate of drug-likeness (QED) is 0.856. The van der Waals surface area contributed by atoms with Gasteiger partial charge in [-0.3, -0.25) is 4.79 Å². The summed E-state index contributed by atoms with van der Waals surface area (Å²) in [6.45, 7) is 2.77. The molecule has 0 N–H and O–H groups in total. The van der Waals surface area contributed by atoms with Crippen LogP contribution in [0.2, 0.25) is 0 Å². The lowest BCUT2D eigenvalue weighted by molar-refractivity contribution is -0.131. The Labute approximate surface area is 148 Å². The van der Waals surface area contributed by atoms with Crippen molar-refractivity contribution in [1.82, 2.24) is 15.0 Å². The number of likely N-dealkylation sites (tertiary alicyclic amines) is 1. The SMILES string of the molecule is CCc1nc([C@@H]2CCCN2C(=O)Cc2ccc3c(c2)CCCC3)no1. The monoisotopic (exact) mass is 339 g/mol. The van der Waals surface area contributed by atoms with E-state index in [1.165, 1.54) is 30.4 Å². The van der Waals surface area contributed by atoms with Gasteiger partial charge >= 0.3 is 0 Å². The van der Waals surface area contributed by atoms with Crippen molar-refractivity contribution in [2.75, 3.05) is 6.54 Å². The second-order valence-corrected chi connectivity index (χ2v) is 7.13. The van der Waals surface area contributed by atoms with Crippen LogP contribution in [0.25, 0.3) is 0 Å². The molecule has 2 heterocycles. The van der Waals surface area contributed by atoms with E-state index in [0.29, 0.717) is 18.1 Å². The van der Waals surface area contributed by atoms with Crippen LogP contribution in [0, 0.1) is 0 Å². The summed E-state index contributed by atoms with van der Waals surface area (Å²) >= 11 is 0. The van der Waals surface area contributed by atoms with Crippen molar-refractivity contribution < 1.29 is 9.32 Å². The zero-order valence-corrected chi connectivity index (χ0v) is 14.8. The van der Waals surface area contributed by atoms with Crippen LogP contribution in [-0.2, 0) is 30.5 Å². The molecule has 1 atom stereocenters. The van der Waals surface area contributed by atoms with Gasteiger partial charge in [-0.2, -0.15) is 4.98 Å². The standard InChI is InChI=1S/C20H25N3O2/c1-2-18-21-20(22-25-18)17-8-5-11-23(17)19(24)13-14-9-10-15-6-3-4-7-16(15)12-14/h9-10,12,17H,2-8,11,13H2,1H3/t17-/m0/s1. The average Bonchev–Trinajstić information content (AvgIpc) is 3.30. The number of rotatable bonds is 4. The number of aromatic nitrogens is 2. The number of hydrogen-bond acceptors (Lipinski definition) is 4. The van der Waals surface area contributed by atoms with E-state index in [1.54, 1.807) is 0 Å². The number of amides is 1. The molecule has 0 bridgehead atoms. The summed E-state index contributed by atoms with van der Waals surface area (Å²) in [6.07, 6.45) is 7.96. The van der Waals surface area contributed by atoms with Gasteiger partial charge < -0.3 is 9.42 Å². The Balaban J connectivity index is 1.48. The Kier molecular flexibility index (Phi) is 4.55. The molecule has 0 radical (unpaired) electrons. The molecule has 1 aliphatic heterocycles. The Hall–Kier alpha value is -2.17. The van der Waals surface area contributed by atoms with Crippen molar-refractivity contribution in [2.24, 2.45) is 0 Å². The highest BCUT2D eigenvalue weighted by Crippen LogP contribution is 2.31. The van der Waals surface area contributed by atoms with Gasteiger partial charge in [-0.25, -0.2) is 0 Å². The van der Waals surface area contributed by atoms with E-state index < -0.39 is 0 Å².